The maximum absolute atomic E-state index is 13.0. The summed E-state index contributed by atoms with van der Waals surface area (Å²) >= 11 is 0. The Labute approximate surface area is 129 Å². The average molecular weight is 289 g/mol. The van der Waals surface area contributed by atoms with Crippen LogP contribution in [0, 0.1) is 12.7 Å². The van der Waals surface area contributed by atoms with Gasteiger partial charge in [-0.25, -0.2) is 4.39 Å². The van der Waals surface area contributed by atoms with Crippen LogP contribution in [-0.2, 0) is 0 Å². The third-order valence-electron chi connectivity index (χ3n) is 3.47. The Morgan fingerprint density at radius 3 is 2.23 bits per heavy atom. The van der Waals surface area contributed by atoms with Gasteiger partial charge in [0.2, 0.25) is 0 Å². The predicted molar refractivity (Wildman–Crippen MR) is 89.7 cm³/mol. The summed E-state index contributed by atoms with van der Waals surface area (Å²) in [5.41, 5.74) is 5.22. The lowest BCUT2D eigenvalue weighted by Gasteiger charge is -2.02. The zero-order valence-electron chi connectivity index (χ0n) is 12.3. The Balaban J connectivity index is 1.84. The second-order valence-electron chi connectivity index (χ2n) is 5.23. The zero-order valence-corrected chi connectivity index (χ0v) is 12.3. The molecule has 1 aromatic heterocycles. The molecule has 0 unspecified atom stereocenters. The van der Waals surface area contributed by atoms with Crippen molar-refractivity contribution in [2.75, 3.05) is 0 Å². The molecule has 0 fully saturated rings. The molecular weight excluding hydrogens is 273 g/mol. The smallest absolute Gasteiger partial charge is 0.123 e. The van der Waals surface area contributed by atoms with E-state index in [9.17, 15) is 4.39 Å². The Bertz CT molecular complexity index is 787. The van der Waals surface area contributed by atoms with Crippen molar-refractivity contribution in [1.82, 2.24) is 4.98 Å². The lowest BCUT2D eigenvalue weighted by Crippen LogP contribution is -1.85. The second-order valence-corrected chi connectivity index (χ2v) is 5.23. The molecule has 2 aromatic carbocycles. The first kappa shape index (κ1) is 14.2. The first-order valence-electron chi connectivity index (χ1n) is 7.17. The van der Waals surface area contributed by atoms with Crippen LogP contribution in [0.15, 0.2) is 66.9 Å². The second kappa shape index (κ2) is 6.35. The molecular formula is C20H16FN. The molecule has 0 aliphatic heterocycles. The highest BCUT2D eigenvalue weighted by atomic mass is 19.1. The van der Waals surface area contributed by atoms with Gasteiger partial charge in [-0.05, 0) is 54.4 Å². The van der Waals surface area contributed by atoms with Gasteiger partial charge in [0, 0.05) is 11.8 Å². The fourth-order valence-electron chi connectivity index (χ4n) is 2.20. The fraction of sp³-hybridized carbons (Fsp3) is 0.0500. The molecule has 0 aliphatic rings. The Kier molecular flexibility index (Phi) is 4.10. The summed E-state index contributed by atoms with van der Waals surface area (Å²) in [6.07, 6.45) is 5.90. The normalized spacial score (nSPS) is 11.0. The van der Waals surface area contributed by atoms with Gasteiger partial charge in [0.15, 0.2) is 0 Å². The van der Waals surface area contributed by atoms with Crippen LogP contribution < -0.4 is 0 Å². The summed E-state index contributed by atoms with van der Waals surface area (Å²) in [6, 6.07) is 18.7. The van der Waals surface area contributed by atoms with Gasteiger partial charge in [0.05, 0.1) is 5.69 Å². The lowest BCUT2D eigenvalue weighted by molar-refractivity contribution is 0.628. The van der Waals surface area contributed by atoms with Gasteiger partial charge < -0.3 is 0 Å². The molecule has 0 saturated carbocycles. The highest BCUT2D eigenvalue weighted by Crippen LogP contribution is 2.19. The van der Waals surface area contributed by atoms with E-state index < -0.39 is 0 Å². The molecule has 0 bridgehead atoms. The van der Waals surface area contributed by atoms with E-state index >= 15 is 0 Å². The third-order valence-corrected chi connectivity index (χ3v) is 3.47. The SMILES string of the molecule is Cc1ccc(/C=C/c2ccnc(-c3ccc(F)cc3)c2)cc1. The molecule has 3 aromatic rings. The maximum Gasteiger partial charge on any atom is 0.123 e. The number of halogens is 1. The highest BCUT2D eigenvalue weighted by Gasteiger charge is 2.00. The van der Waals surface area contributed by atoms with Crippen molar-refractivity contribution in [3.05, 3.63) is 89.4 Å². The van der Waals surface area contributed by atoms with Gasteiger partial charge >= 0.3 is 0 Å². The van der Waals surface area contributed by atoms with E-state index in [0.717, 1.165) is 22.4 Å². The van der Waals surface area contributed by atoms with Gasteiger partial charge in [-0.1, -0.05) is 42.0 Å². The lowest BCUT2D eigenvalue weighted by atomic mass is 10.1. The first-order chi connectivity index (χ1) is 10.7. The molecule has 0 aliphatic carbocycles. The topological polar surface area (TPSA) is 12.9 Å². The first-order valence-corrected chi connectivity index (χ1v) is 7.17. The van der Waals surface area contributed by atoms with Crippen molar-refractivity contribution in [2.45, 2.75) is 6.92 Å². The van der Waals surface area contributed by atoms with Crippen LogP contribution in [0.5, 0.6) is 0 Å². The predicted octanol–water partition coefficient (Wildman–Crippen LogP) is 5.37. The monoisotopic (exact) mass is 289 g/mol. The van der Waals surface area contributed by atoms with E-state index in [1.54, 1.807) is 18.3 Å². The molecule has 3 rings (SSSR count). The molecule has 1 heterocycles. The van der Waals surface area contributed by atoms with Gasteiger partial charge in [-0.15, -0.1) is 0 Å². The molecule has 0 saturated heterocycles. The summed E-state index contributed by atoms with van der Waals surface area (Å²) in [5.74, 6) is -0.237. The quantitative estimate of drug-likeness (QED) is 0.632. The number of aryl methyl sites for hydroxylation is 1. The zero-order chi connectivity index (χ0) is 15.4. The molecule has 108 valence electrons. The number of hydrogen-bond donors (Lipinski definition) is 0. The van der Waals surface area contributed by atoms with E-state index in [0.29, 0.717) is 0 Å². The van der Waals surface area contributed by atoms with Crippen molar-refractivity contribution in [2.24, 2.45) is 0 Å². The number of aromatic nitrogens is 1. The fourth-order valence-corrected chi connectivity index (χ4v) is 2.20. The van der Waals surface area contributed by atoms with Crippen LogP contribution in [0.25, 0.3) is 23.4 Å². The summed E-state index contributed by atoms with van der Waals surface area (Å²) in [7, 11) is 0. The van der Waals surface area contributed by atoms with E-state index in [2.05, 4.69) is 48.3 Å². The molecule has 0 spiro atoms. The van der Waals surface area contributed by atoms with Gasteiger partial charge in [0.1, 0.15) is 5.82 Å². The van der Waals surface area contributed by atoms with Crippen molar-refractivity contribution in [3.8, 4) is 11.3 Å². The molecule has 22 heavy (non-hydrogen) atoms. The number of benzene rings is 2. The van der Waals surface area contributed by atoms with Crippen LogP contribution in [-0.4, -0.2) is 4.98 Å². The summed E-state index contributed by atoms with van der Waals surface area (Å²) in [6.45, 7) is 2.07. The van der Waals surface area contributed by atoms with Gasteiger partial charge in [-0.2, -0.15) is 0 Å². The van der Waals surface area contributed by atoms with Crippen molar-refractivity contribution in [3.63, 3.8) is 0 Å². The maximum atomic E-state index is 13.0. The third kappa shape index (κ3) is 3.47. The number of nitrogens with zero attached hydrogens (tertiary/aromatic N) is 1. The van der Waals surface area contributed by atoms with E-state index in [1.165, 1.54) is 17.7 Å². The molecule has 0 radical (unpaired) electrons. The largest absolute Gasteiger partial charge is 0.256 e. The van der Waals surface area contributed by atoms with Crippen LogP contribution in [0.3, 0.4) is 0 Å². The number of pyridine rings is 1. The van der Waals surface area contributed by atoms with Crippen LogP contribution >= 0.6 is 0 Å². The Morgan fingerprint density at radius 2 is 1.50 bits per heavy atom. The van der Waals surface area contributed by atoms with E-state index in [4.69, 9.17) is 0 Å². The Morgan fingerprint density at radius 1 is 0.818 bits per heavy atom. The molecule has 0 N–H and O–H groups in total. The van der Waals surface area contributed by atoms with Gasteiger partial charge in [0.25, 0.3) is 0 Å². The van der Waals surface area contributed by atoms with Crippen molar-refractivity contribution >= 4 is 12.2 Å². The van der Waals surface area contributed by atoms with Crippen molar-refractivity contribution in [1.29, 1.82) is 0 Å². The summed E-state index contributed by atoms with van der Waals surface area (Å²) in [4.78, 5) is 4.35. The average Bonchev–Trinajstić information content (AvgIpc) is 2.55. The highest BCUT2D eigenvalue weighted by molar-refractivity contribution is 5.72. The number of rotatable bonds is 3. The van der Waals surface area contributed by atoms with Crippen LogP contribution in [0.1, 0.15) is 16.7 Å². The molecule has 0 amide bonds. The summed E-state index contributed by atoms with van der Waals surface area (Å²) < 4.78 is 13.0. The minimum atomic E-state index is -0.237. The van der Waals surface area contributed by atoms with E-state index in [1.807, 2.05) is 12.1 Å². The Hall–Kier alpha value is -2.74. The standard InChI is InChI=1S/C20H16FN/c1-15-2-4-16(5-3-15)6-7-17-12-13-22-20(14-17)18-8-10-19(21)11-9-18/h2-14H,1H3/b7-6+. The molecule has 1 nitrogen and oxygen atoms in total. The molecule has 2 heteroatoms. The van der Waals surface area contributed by atoms with Crippen molar-refractivity contribution < 1.29 is 4.39 Å². The van der Waals surface area contributed by atoms with Crippen LogP contribution in [0.2, 0.25) is 0 Å². The van der Waals surface area contributed by atoms with Gasteiger partial charge in [-0.3, -0.25) is 4.98 Å². The summed E-state index contributed by atoms with van der Waals surface area (Å²) in [5, 5.41) is 0. The van der Waals surface area contributed by atoms with Crippen LogP contribution in [0.4, 0.5) is 4.39 Å². The minimum Gasteiger partial charge on any atom is -0.256 e. The van der Waals surface area contributed by atoms with E-state index in [-0.39, 0.29) is 5.82 Å². The minimum absolute atomic E-state index is 0.237. The number of hydrogen-bond acceptors (Lipinski definition) is 1. The molecule has 0 atom stereocenters.